The topological polar surface area (TPSA) is 99.6 Å². The number of allylic oxidation sites excluding steroid dienone is 1. The molecule has 0 saturated heterocycles. The maximum Gasteiger partial charge on any atom is 0.255 e. The number of nitrogens with zero attached hydrogens (tertiary/aromatic N) is 2. The van der Waals surface area contributed by atoms with Gasteiger partial charge in [0.1, 0.15) is 12.1 Å². The molecule has 0 spiro atoms. The molecule has 3 N–H and O–H groups in total. The van der Waals surface area contributed by atoms with Gasteiger partial charge in [-0.05, 0) is 31.0 Å². The van der Waals surface area contributed by atoms with Gasteiger partial charge in [-0.2, -0.15) is 0 Å². The van der Waals surface area contributed by atoms with Crippen molar-refractivity contribution < 1.29 is 9.59 Å². The molecular weight excluding hydrogens is 316 g/mol. The SMILES string of the molecule is CC(=N)N=CC(Cl)=C(N)c1ccc2c(c1)C(=O)N(C(C)C=O)C2. The molecule has 6 nitrogen and oxygen atoms in total. The van der Waals surface area contributed by atoms with Crippen LogP contribution < -0.4 is 5.73 Å². The van der Waals surface area contributed by atoms with Crippen molar-refractivity contribution in [3.05, 3.63) is 39.9 Å². The highest BCUT2D eigenvalue weighted by atomic mass is 35.5. The van der Waals surface area contributed by atoms with Crippen molar-refractivity contribution in [2.75, 3.05) is 0 Å². The first-order valence-corrected chi connectivity index (χ1v) is 7.37. The zero-order chi connectivity index (χ0) is 17.1. The third-order valence-corrected chi connectivity index (χ3v) is 3.87. The summed E-state index contributed by atoms with van der Waals surface area (Å²) in [6.45, 7) is 3.60. The highest BCUT2D eigenvalue weighted by molar-refractivity contribution is 6.42. The molecule has 0 saturated carbocycles. The van der Waals surface area contributed by atoms with Gasteiger partial charge >= 0.3 is 0 Å². The zero-order valence-electron chi connectivity index (χ0n) is 12.8. The smallest absolute Gasteiger partial charge is 0.255 e. The van der Waals surface area contributed by atoms with Gasteiger partial charge in [-0.25, -0.2) is 4.99 Å². The molecule has 7 heteroatoms. The van der Waals surface area contributed by atoms with Crippen LogP contribution in [0.3, 0.4) is 0 Å². The molecule has 0 aromatic heterocycles. The van der Waals surface area contributed by atoms with E-state index in [9.17, 15) is 9.59 Å². The Labute approximate surface area is 139 Å². The van der Waals surface area contributed by atoms with E-state index in [0.717, 1.165) is 11.8 Å². The molecule has 2 rings (SSSR count). The number of aliphatic imine (C=N–C) groups is 1. The summed E-state index contributed by atoms with van der Waals surface area (Å²) in [7, 11) is 0. The summed E-state index contributed by atoms with van der Waals surface area (Å²) >= 11 is 6.07. The van der Waals surface area contributed by atoms with Gasteiger partial charge in [0, 0.05) is 18.3 Å². The lowest BCUT2D eigenvalue weighted by Crippen LogP contribution is -2.34. The molecule has 120 valence electrons. The predicted molar refractivity (Wildman–Crippen MR) is 90.7 cm³/mol. The predicted octanol–water partition coefficient (Wildman–Crippen LogP) is 2.16. The number of hydrogen-bond acceptors (Lipinski definition) is 4. The molecule has 1 aromatic rings. The molecule has 1 unspecified atom stereocenters. The average Bonchev–Trinajstić information content (AvgIpc) is 2.87. The maximum absolute atomic E-state index is 12.4. The number of amides is 1. The van der Waals surface area contributed by atoms with Gasteiger partial charge in [0.15, 0.2) is 0 Å². The quantitative estimate of drug-likeness (QED) is 0.502. The van der Waals surface area contributed by atoms with Crippen LogP contribution >= 0.6 is 11.6 Å². The summed E-state index contributed by atoms with van der Waals surface area (Å²) in [6.07, 6.45) is 2.04. The first-order chi connectivity index (χ1) is 10.8. The van der Waals surface area contributed by atoms with E-state index in [1.165, 1.54) is 18.0 Å². The fourth-order valence-electron chi connectivity index (χ4n) is 2.25. The number of fused-ring (bicyclic) bond motifs is 1. The summed E-state index contributed by atoms with van der Waals surface area (Å²) < 4.78 is 0. The number of amidine groups is 1. The first kappa shape index (κ1) is 16.9. The monoisotopic (exact) mass is 332 g/mol. The Morgan fingerprint density at radius 2 is 2.22 bits per heavy atom. The maximum atomic E-state index is 12.4. The second-order valence-corrected chi connectivity index (χ2v) is 5.69. The molecule has 0 radical (unpaired) electrons. The Hall–Kier alpha value is -2.47. The van der Waals surface area contributed by atoms with E-state index in [0.29, 0.717) is 17.7 Å². The number of carbonyl (C=O) groups excluding carboxylic acids is 2. The van der Waals surface area contributed by atoms with E-state index >= 15 is 0 Å². The lowest BCUT2D eigenvalue weighted by atomic mass is 10.0. The number of halogens is 1. The Bertz CT molecular complexity index is 740. The van der Waals surface area contributed by atoms with E-state index in [2.05, 4.69) is 4.99 Å². The fourth-order valence-corrected chi connectivity index (χ4v) is 2.41. The van der Waals surface area contributed by atoms with Crippen LogP contribution in [-0.2, 0) is 11.3 Å². The number of aldehydes is 1. The van der Waals surface area contributed by atoms with Gasteiger partial charge in [0.25, 0.3) is 5.91 Å². The fraction of sp³-hybridized carbons (Fsp3) is 0.250. The summed E-state index contributed by atoms with van der Waals surface area (Å²) in [5.41, 5.74) is 8.22. The molecule has 23 heavy (non-hydrogen) atoms. The van der Waals surface area contributed by atoms with E-state index in [-0.39, 0.29) is 22.5 Å². The van der Waals surface area contributed by atoms with Crippen molar-refractivity contribution in [1.82, 2.24) is 4.90 Å². The van der Waals surface area contributed by atoms with Crippen molar-refractivity contribution in [2.45, 2.75) is 26.4 Å². The molecule has 1 atom stereocenters. The van der Waals surface area contributed by atoms with Crippen LogP contribution in [0.2, 0.25) is 0 Å². The van der Waals surface area contributed by atoms with Crippen LogP contribution in [0.1, 0.15) is 35.3 Å². The minimum Gasteiger partial charge on any atom is -0.397 e. The Morgan fingerprint density at radius 1 is 1.52 bits per heavy atom. The lowest BCUT2D eigenvalue weighted by molar-refractivity contribution is -0.111. The van der Waals surface area contributed by atoms with Gasteiger partial charge in [0.2, 0.25) is 0 Å². The second kappa shape index (κ2) is 6.75. The number of carbonyl (C=O) groups is 2. The summed E-state index contributed by atoms with van der Waals surface area (Å²) in [5.74, 6) is -0.0899. The van der Waals surface area contributed by atoms with Gasteiger partial charge in [0.05, 0.1) is 16.8 Å². The average molecular weight is 333 g/mol. The van der Waals surface area contributed by atoms with Crippen LogP contribution in [0.4, 0.5) is 0 Å². The highest BCUT2D eigenvalue weighted by Crippen LogP contribution is 2.27. The summed E-state index contributed by atoms with van der Waals surface area (Å²) in [6, 6.07) is 4.76. The molecule has 1 amide bonds. The van der Waals surface area contributed by atoms with Gasteiger partial charge < -0.3 is 15.4 Å². The standard InChI is InChI=1S/C16H17ClN4O2/c1-9(8-22)21-7-12-4-3-11(5-13(12)16(21)23)15(19)14(17)6-20-10(2)18/h3-6,8-9,18H,7,19H2,1-2H3. The first-order valence-electron chi connectivity index (χ1n) is 6.99. The van der Waals surface area contributed by atoms with Crippen molar-refractivity contribution in [3.8, 4) is 0 Å². The van der Waals surface area contributed by atoms with Crippen LogP contribution in [-0.4, -0.2) is 35.2 Å². The summed E-state index contributed by atoms with van der Waals surface area (Å²) in [5, 5.41) is 7.44. The van der Waals surface area contributed by atoms with Crippen molar-refractivity contribution in [3.63, 3.8) is 0 Å². The van der Waals surface area contributed by atoms with E-state index in [1.54, 1.807) is 25.1 Å². The molecule has 1 aromatic carbocycles. The Kier molecular flexibility index (Phi) is 4.95. The molecule has 0 bridgehead atoms. The number of nitrogens with one attached hydrogen (secondary N) is 1. The van der Waals surface area contributed by atoms with Crippen LogP contribution in [0.5, 0.6) is 0 Å². The molecular formula is C16H17ClN4O2. The molecule has 1 aliphatic heterocycles. The van der Waals surface area contributed by atoms with Crippen LogP contribution in [0.25, 0.3) is 5.70 Å². The number of hydrogen-bond donors (Lipinski definition) is 2. The third kappa shape index (κ3) is 3.48. The largest absolute Gasteiger partial charge is 0.397 e. The number of nitrogens with two attached hydrogens (primary N) is 1. The second-order valence-electron chi connectivity index (χ2n) is 5.29. The van der Waals surface area contributed by atoms with Gasteiger partial charge in [-0.3, -0.25) is 10.2 Å². The van der Waals surface area contributed by atoms with Crippen molar-refractivity contribution >= 4 is 41.5 Å². The van der Waals surface area contributed by atoms with Crippen LogP contribution in [0.15, 0.2) is 28.2 Å². The van der Waals surface area contributed by atoms with E-state index in [1.807, 2.05) is 0 Å². The Balaban J connectivity index is 2.35. The van der Waals surface area contributed by atoms with Crippen molar-refractivity contribution in [1.29, 1.82) is 5.41 Å². The van der Waals surface area contributed by atoms with E-state index in [4.69, 9.17) is 22.7 Å². The minimum atomic E-state index is -0.475. The third-order valence-electron chi connectivity index (χ3n) is 3.57. The molecule has 0 fully saturated rings. The summed E-state index contributed by atoms with van der Waals surface area (Å²) in [4.78, 5) is 28.6. The molecule has 1 aliphatic rings. The van der Waals surface area contributed by atoms with Gasteiger partial charge in [-0.1, -0.05) is 23.7 Å². The molecule has 0 aliphatic carbocycles. The lowest BCUT2D eigenvalue weighted by Gasteiger charge is -2.18. The minimum absolute atomic E-state index is 0.110. The number of rotatable bonds is 4. The van der Waals surface area contributed by atoms with Crippen LogP contribution in [0, 0.1) is 5.41 Å². The normalized spacial score (nSPS) is 16.3. The zero-order valence-corrected chi connectivity index (χ0v) is 13.6. The van der Waals surface area contributed by atoms with Gasteiger partial charge in [-0.15, -0.1) is 0 Å². The van der Waals surface area contributed by atoms with E-state index < -0.39 is 6.04 Å². The Morgan fingerprint density at radius 3 is 2.83 bits per heavy atom. The number of benzene rings is 1. The highest BCUT2D eigenvalue weighted by Gasteiger charge is 2.30. The van der Waals surface area contributed by atoms with Crippen molar-refractivity contribution in [2.24, 2.45) is 10.7 Å². The molecule has 1 heterocycles.